The molecule has 6 heteroatoms. The highest BCUT2D eigenvalue weighted by Gasteiger charge is 2.25. The predicted octanol–water partition coefficient (Wildman–Crippen LogP) is 3.87. The molecular formula is C23H23N3O3. The summed E-state index contributed by atoms with van der Waals surface area (Å²) in [5.74, 6) is -0.634. The lowest BCUT2D eigenvalue weighted by Gasteiger charge is -2.31. The lowest BCUT2D eigenvalue weighted by molar-refractivity contribution is -0.138. The first kappa shape index (κ1) is 18.9. The summed E-state index contributed by atoms with van der Waals surface area (Å²) in [5, 5.41) is 13.4. The molecule has 0 aliphatic carbocycles. The smallest absolute Gasteiger partial charge is 0.303 e. The van der Waals surface area contributed by atoms with Gasteiger partial charge in [-0.1, -0.05) is 36.4 Å². The van der Waals surface area contributed by atoms with Crippen LogP contribution in [0.2, 0.25) is 0 Å². The molecule has 0 spiro atoms. The van der Waals surface area contributed by atoms with Crippen LogP contribution in [0.4, 0.5) is 0 Å². The fraction of sp³-hybridized carbons (Fsp3) is 0.261. The molecular weight excluding hydrogens is 366 g/mol. The van der Waals surface area contributed by atoms with Gasteiger partial charge in [0.1, 0.15) is 0 Å². The Morgan fingerprint density at radius 1 is 1.00 bits per heavy atom. The Kier molecular flexibility index (Phi) is 5.42. The number of hydrogen-bond acceptors (Lipinski definition) is 3. The maximum atomic E-state index is 13.0. The molecule has 0 unspecified atom stereocenters. The third-order valence-corrected chi connectivity index (χ3v) is 5.41. The summed E-state index contributed by atoms with van der Waals surface area (Å²) in [6.07, 6.45) is 3.40. The zero-order chi connectivity index (χ0) is 20.2. The highest BCUT2D eigenvalue weighted by molar-refractivity contribution is 5.95. The molecule has 29 heavy (non-hydrogen) atoms. The van der Waals surface area contributed by atoms with Crippen LogP contribution in [0.3, 0.4) is 0 Å². The minimum absolute atomic E-state index is 0.0194. The third kappa shape index (κ3) is 4.21. The van der Waals surface area contributed by atoms with Crippen molar-refractivity contribution in [2.75, 3.05) is 13.1 Å². The summed E-state index contributed by atoms with van der Waals surface area (Å²) in [4.78, 5) is 25.7. The predicted molar refractivity (Wildman–Crippen MR) is 110 cm³/mol. The molecule has 148 valence electrons. The second kappa shape index (κ2) is 8.31. The van der Waals surface area contributed by atoms with Gasteiger partial charge < -0.3 is 10.0 Å². The second-order valence-electron chi connectivity index (χ2n) is 7.38. The summed E-state index contributed by atoms with van der Waals surface area (Å²) in [6, 6.07) is 19.5. The summed E-state index contributed by atoms with van der Waals surface area (Å²) in [7, 11) is 0. The van der Waals surface area contributed by atoms with Gasteiger partial charge in [0.05, 0.1) is 17.6 Å². The summed E-state index contributed by atoms with van der Waals surface area (Å²) >= 11 is 0. The number of carbonyl (C=O) groups excluding carboxylic acids is 1. The van der Waals surface area contributed by atoms with Crippen molar-refractivity contribution in [1.29, 1.82) is 0 Å². The number of aliphatic carboxylic acids is 1. The average molecular weight is 389 g/mol. The van der Waals surface area contributed by atoms with Gasteiger partial charge in [0.2, 0.25) is 0 Å². The standard InChI is InChI=1S/C23H23N3O3/c27-22(28)15-17-10-13-25(14-11-17)23(29)19-7-4-8-20(16-19)26-21(9-12-24-26)18-5-2-1-3-6-18/h1-9,12,16-17H,10-11,13-15H2,(H,27,28). The summed E-state index contributed by atoms with van der Waals surface area (Å²) in [6.45, 7) is 1.19. The number of carbonyl (C=O) groups is 2. The van der Waals surface area contributed by atoms with Crippen LogP contribution < -0.4 is 0 Å². The van der Waals surface area contributed by atoms with E-state index in [4.69, 9.17) is 5.11 Å². The van der Waals surface area contributed by atoms with E-state index < -0.39 is 5.97 Å². The number of rotatable bonds is 5. The molecule has 2 aromatic carbocycles. The van der Waals surface area contributed by atoms with E-state index in [9.17, 15) is 9.59 Å². The van der Waals surface area contributed by atoms with Crippen molar-refractivity contribution >= 4 is 11.9 Å². The molecule has 1 N–H and O–H groups in total. The van der Waals surface area contributed by atoms with E-state index in [-0.39, 0.29) is 18.2 Å². The number of likely N-dealkylation sites (tertiary alicyclic amines) is 1. The van der Waals surface area contributed by atoms with Crippen LogP contribution in [0.5, 0.6) is 0 Å². The lowest BCUT2D eigenvalue weighted by atomic mass is 9.93. The van der Waals surface area contributed by atoms with Crippen molar-refractivity contribution in [3.8, 4) is 16.9 Å². The van der Waals surface area contributed by atoms with E-state index in [0.29, 0.717) is 18.7 Å². The Labute approximate surface area is 169 Å². The molecule has 1 amide bonds. The lowest BCUT2D eigenvalue weighted by Crippen LogP contribution is -2.38. The molecule has 0 bridgehead atoms. The molecule has 0 radical (unpaired) electrons. The first-order chi connectivity index (χ1) is 14.1. The minimum atomic E-state index is -0.768. The average Bonchev–Trinajstić information content (AvgIpc) is 3.24. The monoisotopic (exact) mass is 389 g/mol. The van der Waals surface area contributed by atoms with Gasteiger partial charge in [-0.2, -0.15) is 5.10 Å². The Morgan fingerprint density at radius 2 is 1.76 bits per heavy atom. The normalized spacial score (nSPS) is 14.7. The van der Waals surface area contributed by atoms with Crippen molar-refractivity contribution in [1.82, 2.24) is 14.7 Å². The van der Waals surface area contributed by atoms with E-state index in [0.717, 1.165) is 29.8 Å². The van der Waals surface area contributed by atoms with Crippen LogP contribution in [-0.2, 0) is 4.79 Å². The fourth-order valence-electron chi connectivity index (χ4n) is 3.88. The number of aromatic nitrogens is 2. The Balaban J connectivity index is 1.53. The van der Waals surface area contributed by atoms with Crippen LogP contribution in [0.25, 0.3) is 16.9 Å². The van der Waals surface area contributed by atoms with Crippen molar-refractivity contribution in [3.05, 3.63) is 72.4 Å². The summed E-state index contributed by atoms with van der Waals surface area (Å²) < 4.78 is 1.84. The van der Waals surface area contributed by atoms with Gasteiger partial charge in [-0.25, -0.2) is 4.68 Å². The molecule has 0 atom stereocenters. The molecule has 4 rings (SSSR count). The van der Waals surface area contributed by atoms with Crippen LogP contribution in [0, 0.1) is 5.92 Å². The summed E-state index contributed by atoms with van der Waals surface area (Å²) in [5.41, 5.74) is 3.47. The highest BCUT2D eigenvalue weighted by atomic mass is 16.4. The number of amides is 1. The molecule has 1 aromatic heterocycles. The van der Waals surface area contributed by atoms with E-state index in [1.807, 2.05) is 70.2 Å². The van der Waals surface area contributed by atoms with E-state index in [2.05, 4.69) is 5.10 Å². The minimum Gasteiger partial charge on any atom is -0.481 e. The number of carboxylic acids is 1. The number of nitrogens with zero attached hydrogens (tertiary/aromatic N) is 3. The van der Waals surface area contributed by atoms with Gasteiger partial charge in [-0.3, -0.25) is 9.59 Å². The maximum Gasteiger partial charge on any atom is 0.303 e. The van der Waals surface area contributed by atoms with Crippen LogP contribution in [0.1, 0.15) is 29.6 Å². The molecule has 3 aromatic rings. The third-order valence-electron chi connectivity index (χ3n) is 5.41. The quantitative estimate of drug-likeness (QED) is 0.719. The molecule has 2 heterocycles. The molecule has 6 nitrogen and oxygen atoms in total. The van der Waals surface area contributed by atoms with Crippen LogP contribution >= 0.6 is 0 Å². The molecule has 1 aliphatic heterocycles. The number of benzene rings is 2. The highest BCUT2D eigenvalue weighted by Crippen LogP contribution is 2.25. The maximum absolute atomic E-state index is 13.0. The molecule has 1 fully saturated rings. The first-order valence-electron chi connectivity index (χ1n) is 9.83. The largest absolute Gasteiger partial charge is 0.481 e. The van der Waals surface area contributed by atoms with Gasteiger partial charge in [-0.15, -0.1) is 0 Å². The van der Waals surface area contributed by atoms with Gasteiger partial charge in [-0.05, 0) is 43.0 Å². The fourth-order valence-corrected chi connectivity index (χ4v) is 3.88. The second-order valence-corrected chi connectivity index (χ2v) is 7.38. The van der Waals surface area contributed by atoms with Crippen molar-refractivity contribution in [3.63, 3.8) is 0 Å². The number of piperidine rings is 1. The first-order valence-corrected chi connectivity index (χ1v) is 9.83. The van der Waals surface area contributed by atoms with Gasteiger partial charge in [0.15, 0.2) is 0 Å². The molecule has 1 aliphatic rings. The van der Waals surface area contributed by atoms with Gasteiger partial charge in [0, 0.05) is 30.6 Å². The Bertz CT molecular complexity index is 1000. The van der Waals surface area contributed by atoms with E-state index in [1.54, 1.807) is 6.20 Å². The van der Waals surface area contributed by atoms with Gasteiger partial charge in [0.25, 0.3) is 5.91 Å². The number of carboxylic acid groups (broad SMARTS) is 1. The number of hydrogen-bond donors (Lipinski definition) is 1. The van der Waals surface area contributed by atoms with E-state index in [1.165, 1.54) is 0 Å². The topological polar surface area (TPSA) is 75.4 Å². The zero-order valence-corrected chi connectivity index (χ0v) is 16.1. The SMILES string of the molecule is O=C(O)CC1CCN(C(=O)c2cccc(-n3nccc3-c3ccccc3)c2)CC1. The Hall–Kier alpha value is -3.41. The Morgan fingerprint density at radius 3 is 2.48 bits per heavy atom. The van der Waals surface area contributed by atoms with Gasteiger partial charge >= 0.3 is 5.97 Å². The van der Waals surface area contributed by atoms with Crippen LogP contribution in [-0.4, -0.2) is 44.8 Å². The molecule has 0 saturated carbocycles. The van der Waals surface area contributed by atoms with Crippen LogP contribution in [0.15, 0.2) is 66.9 Å². The molecule has 1 saturated heterocycles. The van der Waals surface area contributed by atoms with E-state index >= 15 is 0 Å². The zero-order valence-electron chi connectivity index (χ0n) is 16.1. The van der Waals surface area contributed by atoms with Crippen molar-refractivity contribution in [2.45, 2.75) is 19.3 Å². The van der Waals surface area contributed by atoms with Crippen molar-refractivity contribution < 1.29 is 14.7 Å². The van der Waals surface area contributed by atoms with Crippen molar-refractivity contribution in [2.24, 2.45) is 5.92 Å².